The highest BCUT2D eigenvalue weighted by Crippen LogP contribution is 2.33. The molecule has 3 amide bonds. The van der Waals surface area contributed by atoms with Gasteiger partial charge in [-0.3, -0.25) is 10.1 Å². The molecule has 3 rings (SSSR count). The first-order valence-corrected chi connectivity index (χ1v) is 9.08. The molecule has 1 aliphatic carbocycles. The Balaban J connectivity index is 1.47. The van der Waals surface area contributed by atoms with E-state index in [1.165, 1.54) is 11.6 Å². The molecule has 8 heteroatoms. The molecule has 1 aliphatic rings. The Hall–Kier alpha value is -3.29. The second-order valence-corrected chi connectivity index (χ2v) is 6.37. The van der Waals surface area contributed by atoms with Gasteiger partial charge in [0, 0.05) is 23.9 Å². The van der Waals surface area contributed by atoms with Crippen LogP contribution in [0.5, 0.6) is 5.75 Å². The maximum Gasteiger partial charge on any atom is 0.344 e. The van der Waals surface area contributed by atoms with Gasteiger partial charge in [-0.15, -0.1) is 6.58 Å². The van der Waals surface area contributed by atoms with Gasteiger partial charge in [0.1, 0.15) is 17.1 Å². The number of rotatable bonds is 7. The average molecular weight is 386 g/mol. The third-order valence-electron chi connectivity index (χ3n) is 4.31. The number of fused-ring (bicyclic) bond motifs is 3. The molecule has 0 fully saturated rings. The molecule has 2 aromatic rings. The van der Waals surface area contributed by atoms with Crippen LogP contribution in [0.2, 0.25) is 0 Å². The molecule has 1 heterocycles. The normalized spacial score (nSPS) is 12.7. The molecule has 1 aromatic carbocycles. The van der Waals surface area contributed by atoms with Gasteiger partial charge in [-0.2, -0.15) is 0 Å². The van der Waals surface area contributed by atoms with Crippen LogP contribution in [0.25, 0.3) is 11.0 Å². The first-order valence-electron chi connectivity index (χ1n) is 9.08. The van der Waals surface area contributed by atoms with Crippen molar-refractivity contribution in [2.45, 2.75) is 25.7 Å². The van der Waals surface area contributed by atoms with Crippen LogP contribution in [0.4, 0.5) is 4.79 Å². The highest BCUT2D eigenvalue weighted by atomic mass is 16.6. The number of urea groups is 1. The van der Waals surface area contributed by atoms with Gasteiger partial charge in [0.05, 0.1) is 0 Å². The third kappa shape index (κ3) is 4.91. The summed E-state index contributed by atoms with van der Waals surface area (Å²) in [4.78, 5) is 34.6. The summed E-state index contributed by atoms with van der Waals surface area (Å²) in [5.41, 5.74) is 2.02. The SMILES string of the molecule is C=CCNC(=O)NC(=O)COC(=O)COc1ccc2oc3c(c2c1)CCCC3. The molecular weight excluding hydrogens is 364 g/mol. The van der Waals surface area contributed by atoms with Gasteiger partial charge in [-0.05, 0) is 37.5 Å². The minimum atomic E-state index is -0.735. The van der Waals surface area contributed by atoms with E-state index in [9.17, 15) is 14.4 Å². The molecule has 0 radical (unpaired) electrons. The maximum atomic E-state index is 11.8. The second kappa shape index (κ2) is 9.07. The Kier molecular flexibility index (Phi) is 6.31. The Morgan fingerprint density at radius 3 is 2.82 bits per heavy atom. The van der Waals surface area contributed by atoms with Crippen molar-refractivity contribution in [3.63, 3.8) is 0 Å². The Bertz CT molecular complexity index is 901. The van der Waals surface area contributed by atoms with Crippen molar-refractivity contribution < 1.29 is 28.3 Å². The summed E-state index contributed by atoms with van der Waals surface area (Å²) >= 11 is 0. The van der Waals surface area contributed by atoms with Crippen molar-refractivity contribution in [2.75, 3.05) is 19.8 Å². The second-order valence-electron chi connectivity index (χ2n) is 6.37. The monoisotopic (exact) mass is 386 g/mol. The highest BCUT2D eigenvalue weighted by Gasteiger charge is 2.18. The van der Waals surface area contributed by atoms with Gasteiger partial charge in [-0.1, -0.05) is 6.08 Å². The summed E-state index contributed by atoms with van der Waals surface area (Å²) in [7, 11) is 0. The predicted octanol–water partition coefficient (Wildman–Crippen LogP) is 2.25. The van der Waals surface area contributed by atoms with Crippen molar-refractivity contribution in [2.24, 2.45) is 0 Å². The lowest BCUT2D eigenvalue weighted by Crippen LogP contribution is -2.41. The number of benzene rings is 1. The summed E-state index contributed by atoms with van der Waals surface area (Å²) in [6, 6.07) is 4.71. The summed E-state index contributed by atoms with van der Waals surface area (Å²) in [6.45, 7) is 2.74. The number of amides is 3. The van der Waals surface area contributed by atoms with Crippen LogP contribution in [0.3, 0.4) is 0 Å². The van der Waals surface area contributed by atoms with E-state index in [-0.39, 0.29) is 13.2 Å². The number of aryl methyl sites for hydroxylation is 2. The molecule has 1 aromatic heterocycles. The summed E-state index contributed by atoms with van der Waals surface area (Å²) < 4.78 is 16.1. The fourth-order valence-corrected chi connectivity index (χ4v) is 3.03. The molecule has 0 aliphatic heterocycles. The number of imide groups is 1. The summed E-state index contributed by atoms with van der Waals surface area (Å²) in [5, 5.41) is 5.40. The molecular formula is C20H22N2O6. The molecule has 0 atom stereocenters. The van der Waals surface area contributed by atoms with Gasteiger partial charge < -0.3 is 19.2 Å². The van der Waals surface area contributed by atoms with Crippen molar-refractivity contribution in [3.05, 3.63) is 42.2 Å². The van der Waals surface area contributed by atoms with Crippen LogP contribution in [-0.4, -0.2) is 37.7 Å². The Morgan fingerprint density at radius 2 is 2.00 bits per heavy atom. The number of nitrogens with one attached hydrogen (secondary N) is 2. The van der Waals surface area contributed by atoms with Crippen LogP contribution in [0.15, 0.2) is 35.3 Å². The lowest BCUT2D eigenvalue weighted by atomic mass is 9.96. The first-order chi connectivity index (χ1) is 13.6. The molecule has 2 N–H and O–H groups in total. The van der Waals surface area contributed by atoms with Crippen LogP contribution in [-0.2, 0) is 27.2 Å². The number of ether oxygens (including phenoxy) is 2. The van der Waals surface area contributed by atoms with E-state index in [2.05, 4.69) is 11.9 Å². The largest absolute Gasteiger partial charge is 0.482 e. The smallest absolute Gasteiger partial charge is 0.344 e. The van der Waals surface area contributed by atoms with Crippen molar-refractivity contribution >= 4 is 28.9 Å². The third-order valence-corrected chi connectivity index (χ3v) is 4.31. The fourth-order valence-electron chi connectivity index (χ4n) is 3.03. The van der Waals surface area contributed by atoms with Crippen LogP contribution in [0.1, 0.15) is 24.2 Å². The van der Waals surface area contributed by atoms with Gasteiger partial charge >= 0.3 is 12.0 Å². The number of carbonyl (C=O) groups is 3. The number of carbonyl (C=O) groups excluding carboxylic acids is 3. The average Bonchev–Trinajstić information content (AvgIpc) is 3.07. The zero-order valence-corrected chi connectivity index (χ0v) is 15.4. The number of furan rings is 1. The topological polar surface area (TPSA) is 107 Å². The van der Waals surface area contributed by atoms with Gasteiger partial charge in [0.2, 0.25) is 0 Å². The van der Waals surface area contributed by atoms with E-state index in [0.717, 1.165) is 42.4 Å². The van der Waals surface area contributed by atoms with Gasteiger partial charge in [0.25, 0.3) is 5.91 Å². The fraction of sp³-hybridized carbons (Fsp3) is 0.350. The predicted molar refractivity (Wildman–Crippen MR) is 101 cm³/mol. The minimum absolute atomic E-state index is 0.219. The molecule has 148 valence electrons. The van der Waals surface area contributed by atoms with Gasteiger partial charge in [0.15, 0.2) is 13.2 Å². The van der Waals surface area contributed by atoms with E-state index in [0.29, 0.717) is 5.75 Å². The van der Waals surface area contributed by atoms with Crippen molar-refractivity contribution in [3.8, 4) is 5.75 Å². The molecule has 0 saturated carbocycles. The number of hydrogen-bond donors (Lipinski definition) is 2. The lowest BCUT2D eigenvalue weighted by molar-refractivity contribution is -0.150. The Morgan fingerprint density at radius 1 is 1.18 bits per heavy atom. The minimum Gasteiger partial charge on any atom is -0.482 e. The van der Waals surface area contributed by atoms with E-state index < -0.39 is 24.5 Å². The van der Waals surface area contributed by atoms with Crippen LogP contribution < -0.4 is 15.4 Å². The molecule has 8 nitrogen and oxygen atoms in total. The van der Waals surface area contributed by atoms with Crippen molar-refractivity contribution in [1.29, 1.82) is 0 Å². The zero-order chi connectivity index (χ0) is 19.9. The zero-order valence-electron chi connectivity index (χ0n) is 15.4. The molecule has 28 heavy (non-hydrogen) atoms. The summed E-state index contributed by atoms with van der Waals surface area (Å²) in [5.74, 6) is 0.102. The lowest BCUT2D eigenvalue weighted by Gasteiger charge is -2.09. The number of esters is 1. The highest BCUT2D eigenvalue weighted by molar-refractivity contribution is 5.95. The quantitative estimate of drug-likeness (QED) is 0.558. The standard InChI is InChI=1S/C20H22N2O6/c1-2-9-21-20(25)22-18(23)11-27-19(24)12-26-13-7-8-17-15(10-13)14-5-3-4-6-16(14)28-17/h2,7-8,10H,1,3-6,9,11-12H2,(H2,21,22,23,25). The van der Waals surface area contributed by atoms with Crippen molar-refractivity contribution in [1.82, 2.24) is 10.6 Å². The van der Waals surface area contributed by atoms with E-state index in [4.69, 9.17) is 13.9 Å². The number of hydrogen-bond acceptors (Lipinski definition) is 6. The first kappa shape index (κ1) is 19.5. The molecule has 0 saturated heterocycles. The Labute approximate surface area is 161 Å². The van der Waals surface area contributed by atoms with E-state index in [1.54, 1.807) is 6.07 Å². The van der Waals surface area contributed by atoms with Gasteiger partial charge in [-0.25, -0.2) is 9.59 Å². The van der Waals surface area contributed by atoms with E-state index in [1.807, 2.05) is 17.4 Å². The molecule has 0 bridgehead atoms. The summed E-state index contributed by atoms with van der Waals surface area (Å²) in [6.07, 6.45) is 5.65. The maximum absolute atomic E-state index is 11.8. The van der Waals surface area contributed by atoms with E-state index >= 15 is 0 Å². The van der Waals surface area contributed by atoms with Crippen LogP contribution >= 0.6 is 0 Å². The molecule has 0 spiro atoms. The van der Waals surface area contributed by atoms with Crippen LogP contribution in [0, 0.1) is 0 Å². The molecule has 0 unspecified atom stereocenters.